The van der Waals surface area contributed by atoms with Crippen LogP contribution in [0.15, 0.2) is 35.7 Å². The average Bonchev–Trinajstić information content (AvgIpc) is 2.99. The lowest BCUT2D eigenvalue weighted by molar-refractivity contribution is -0.150. The third kappa shape index (κ3) is 4.03. The van der Waals surface area contributed by atoms with Gasteiger partial charge in [-0.3, -0.25) is 4.90 Å². The van der Waals surface area contributed by atoms with Crippen molar-refractivity contribution in [3.8, 4) is 11.3 Å². The van der Waals surface area contributed by atoms with Crippen molar-refractivity contribution in [1.82, 2.24) is 9.88 Å². The lowest BCUT2D eigenvalue weighted by Gasteiger charge is -2.39. The summed E-state index contributed by atoms with van der Waals surface area (Å²) in [6.07, 6.45) is -4.14. The summed E-state index contributed by atoms with van der Waals surface area (Å²) in [5.74, 6) is 0. The second-order valence-electron chi connectivity index (χ2n) is 5.76. The fourth-order valence-electron chi connectivity index (χ4n) is 2.79. The number of nitrogens with zero attached hydrogens (tertiary/aromatic N) is 3. The van der Waals surface area contributed by atoms with E-state index < -0.39 is 12.7 Å². The summed E-state index contributed by atoms with van der Waals surface area (Å²) in [5, 5.41) is 2.87. The maximum Gasteiger partial charge on any atom is 0.401 e. The van der Waals surface area contributed by atoms with Gasteiger partial charge in [0.25, 0.3) is 0 Å². The quantitative estimate of drug-likeness (QED) is 0.844. The molecule has 1 saturated heterocycles. The molecule has 3 rings (SSSR count). The van der Waals surface area contributed by atoms with Gasteiger partial charge >= 0.3 is 6.18 Å². The number of rotatable bonds is 3. The van der Waals surface area contributed by atoms with Crippen molar-refractivity contribution in [2.75, 3.05) is 31.1 Å². The van der Waals surface area contributed by atoms with Crippen molar-refractivity contribution in [3.05, 3.63) is 35.7 Å². The first-order valence-electron chi connectivity index (χ1n) is 7.49. The van der Waals surface area contributed by atoms with Crippen molar-refractivity contribution >= 4 is 16.5 Å². The van der Waals surface area contributed by atoms with Gasteiger partial charge in [0.05, 0.1) is 12.2 Å². The molecular weight excluding hydrogens is 323 g/mol. The van der Waals surface area contributed by atoms with E-state index in [2.05, 4.69) is 9.88 Å². The number of piperazine rings is 1. The Morgan fingerprint density at radius 3 is 2.61 bits per heavy atom. The first kappa shape index (κ1) is 16.3. The summed E-state index contributed by atoms with van der Waals surface area (Å²) in [7, 11) is 0. The zero-order chi connectivity index (χ0) is 16.4. The third-order valence-electron chi connectivity index (χ3n) is 3.98. The molecule has 3 nitrogen and oxygen atoms in total. The molecular formula is C16H18F3N3S. The van der Waals surface area contributed by atoms with Crippen LogP contribution in [-0.4, -0.2) is 48.3 Å². The minimum absolute atomic E-state index is 0.144. The molecule has 1 atom stereocenters. The number of thiazole rings is 1. The molecule has 1 aliphatic heterocycles. The molecule has 0 radical (unpaired) electrons. The van der Waals surface area contributed by atoms with Crippen molar-refractivity contribution in [3.63, 3.8) is 0 Å². The Labute approximate surface area is 137 Å². The Bertz CT molecular complexity index is 642. The number of anilines is 1. The highest BCUT2D eigenvalue weighted by atomic mass is 32.1. The molecule has 2 aromatic rings. The summed E-state index contributed by atoms with van der Waals surface area (Å²) in [5.41, 5.74) is 1.97. The predicted octanol–water partition coefficient (Wildman–Crippen LogP) is 3.88. The van der Waals surface area contributed by atoms with Gasteiger partial charge in [0.15, 0.2) is 5.13 Å². The van der Waals surface area contributed by atoms with Crippen LogP contribution < -0.4 is 4.90 Å². The van der Waals surface area contributed by atoms with E-state index in [1.165, 1.54) is 4.90 Å². The largest absolute Gasteiger partial charge is 0.401 e. The highest BCUT2D eigenvalue weighted by molar-refractivity contribution is 7.14. The van der Waals surface area contributed by atoms with Gasteiger partial charge in [-0.25, -0.2) is 4.98 Å². The first-order valence-corrected chi connectivity index (χ1v) is 8.37. The highest BCUT2D eigenvalue weighted by Crippen LogP contribution is 2.29. The second-order valence-corrected chi connectivity index (χ2v) is 6.60. The summed E-state index contributed by atoms with van der Waals surface area (Å²) >= 11 is 1.54. The van der Waals surface area contributed by atoms with E-state index in [4.69, 9.17) is 0 Å². The molecule has 2 heterocycles. The average molecular weight is 341 g/mol. The van der Waals surface area contributed by atoms with E-state index in [0.29, 0.717) is 19.6 Å². The number of benzene rings is 1. The molecule has 0 amide bonds. The molecule has 0 N–H and O–H groups in total. The minimum Gasteiger partial charge on any atom is -0.345 e. The van der Waals surface area contributed by atoms with Crippen LogP contribution in [0.25, 0.3) is 11.3 Å². The van der Waals surface area contributed by atoms with Crippen LogP contribution >= 0.6 is 11.3 Å². The number of halogens is 3. The molecule has 124 valence electrons. The van der Waals surface area contributed by atoms with E-state index in [1.807, 2.05) is 42.6 Å². The normalized spacial score (nSPS) is 20.0. The maximum absolute atomic E-state index is 12.6. The zero-order valence-electron chi connectivity index (χ0n) is 12.8. The van der Waals surface area contributed by atoms with Gasteiger partial charge in [0.1, 0.15) is 0 Å². The van der Waals surface area contributed by atoms with Gasteiger partial charge in [-0.15, -0.1) is 11.3 Å². The Morgan fingerprint density at radius 1 is 1.22 bits per heavy atom. The van der Waals surface area contributed by atoms with E-state index >= 15 is 0 Å². The van der Waals surface area contributed by atoms with Crippen LogP contribution in [0.1, 0.15) is 6.92 Å². The molecule has 1 aromatic carbocycles. The Kier molecular flexibility index (Phi) is 4.59. The monoisotopic (exact) mass is 341 g/mol. The van der Waals surface area contributed by atoms with Gasteiger partial charge < -0.3 is 4.90 Å². The van der Waals surface area contributed by atoms with Crippen LogP contribution in [-0.2, 0) is 0 Å². The molecule has 0 spiro atoms. The predicted molar refractivity (Wildman–Crippen MR) is 86.9 cm³/mol. The van der Waals surface area contributed by atoms with Gasteiger partial charge in [0, 0.05) is 36.6 Å². The summed E-state index contributed by atoms with van der Waals surface area (Å²) in [6.45, 7) is 2.54. The van der Waals surface area contributed by atoms with Crippen molar-refractivity contribution in [2.45, 2.75) is 19.1 Å². The zero-order valence-corrected chi connectivity index (χ0v) is 13.6. The molecule has 1 unspecified atom stereocenters. The van der Waals surface area contributed by atoms with Gasteiger partial charge in [-0.1, -0.05) is 30.3 Å². The van der Waals surface area contributed by atoms with Crippen LogP contribution in [0, 0.1) is 0 Å². The number of alkyl halides is 3. The van der Waals surface area contributed by atoms with Crippen molar-refractivity contribution in [1.29, 1.82) is 0 Å². The topological polar surface area (TPSA) is 19.4 Å². The molecule has 1 fully saturated rings. The fraction of sp³-hybridized carbons (Fsp3) is 0.438. The summed E-state index contributed by atoms with van der Waals surface area (Å²) in [4.78, 5) is 8.21. The van der Waals surface area contributed by atoms with Crippen molar-refractivity contribution < 1.29 is 13.2 Å². The Balaban J connectivity index is 1.67. The lowest BCUT2D eigenvalue weighted by atomic mass is 10.2. The standard InChI is InChI=1S/C16H18F3N3S/c1-12-9-21(7-8-22(12)11-16(17,18)19)15-20-14(10-23-15)13-5-3-2-4-6-13/h2-6,10,12H,7-9,11H2,1H3. The highest BCUT2D eigenvalue weighted by Gasteiger charge is 2.35. The SMILES string of the molecule is CC1CN(c2nc(-c3ccccc3)cs2)CCN1CC(F)(F)F. The van der Waals surface area contributed by atoms with Gasteiger partial charge in [-0.2, -0.15) is 13.2 Å². The number of aromatic nitrogens is 1. The molecule has 23 heavy (non-hydrogen) atoms. The molecule has 0 aliphatic carbocycles. The van der Waals surface area contributed by atoms with E-state index in [9.17, 15) is 13.2 Å². The fourth-order valence-corrected chi connectivity index (χ4v) is 3.66. The molecule has 1 aliphatic rings. The van der Waals surface area contributed by atoms with Crippen LogP contribution in [0.3, 0.4) is 0 Å². The molecule has 0 saturated carbocycles. The molecule has 7 heteroatoms. The van der Waals surface area contributed by atoms with Gasteiger partial charge in [-0.05, 0) is 6.92 Å². The maximum atomic E-state index is 12.6. The van der Waals surface area contributed by atoms with Crippen molar-refractivity contribution in [2.24, 2.45) is 0 Å². The first-order chi connectivity index (χ1) is 10.9. The second kappa shape index (κ2) is 6.49. The number of hydrogen-bond acceptors (Lipinski definition) is 4. The summed E-state index contributed by atoms with van der Waals surface area (Å²) in [6, 6.07) is 9.75. The van der Waals surface area contributed by atoms with E-state index in [0.717, 1.165) is 16.4 Å². The molecule has 0 bridgehead atoms. The third-order valence-corrected chi connectivity index (χ3v) is 4.88. The Morgan fingerprint density at radius 2 is 1.96 bits per heavy atom. The minimum atomic E-state index is -4.14. The smallest absolute Gasteiger partial charge is 0.345 e. The van der Waals surface area contributed by atoms with Crippen LogP contribution in [0.4, 0.5) is 18.3 Å². The Hall–Kier alpha value is -1.60. The van der Waals surface area contributed by atoms with E-state index in [1.54, 1.807) is 11.3 Å². The van der Waals surface area contributed by atoms with E-state index in [-0.39, 0.29) is 6.04 Å². The molecule has 1 aromatic heterocycles. The lowest BCUT2D eigenvalue weighted by Crippen LogP contribution is -2.54. The van der Waals surface area contributed by atoms with Gasteiger partial charge in [0.2, 0.25) is 0 Å². The summed E-state index contributed by atoms with van der Waals surface area (Å²) < 4.78 is 37.7. The number of hydrogen-bond donors (Lipinski definition) is 0. The van der Waals surface area contributed by atoms with Crippen LogP contribution in [0.2, 0.25) is 0 Å². The van der Waals surface area contributed by atoms with Crippen LogP contribution in [0.5, 0.6) is 0 Å².